The summed E-state index contributed by atoms with van der Waals surface area (Å²) in [5.74, 6) is 0.773. The minimum Gasteiger partial charge on any atom is -0.316 e. The number of nitrogens with zero attached hydrogens (tertiary/aromatic N) is 3. The third-order valence-electron chi connectivity index (χ3n) is 4.89. The van der Waals surface area contributed by atoms with Crippen molar-refractivity contribution in [1.82, 2.24) is 20.2 Å². The van der Waals surface area contributed by atoms with Crippen molar-refractivity contribution in [3.63, 3.8) is 0 Å². The Morgan fingerprint density at radius 2 is 2.30 bits per heavy atom. The molecule has 6 heteroatoms. The molecule has 0 bridgehead atoms. The van der Waals surface area contributed by atoms with Crippen molar-refractivity contribution in [2.24, 2.45) is 5.92 Å². The van der Waals surface area contributed by atoms with E-state index >= 15 is 0 Å². The van der Waals surface area contributed by atoms with Gasteiger partial charge in [0, 0.05) is 22.8 Å². The molecule has 1 N–H and O–H groups in total. The highest BCUT2D eigenvalue weighted by Crippen LogP contribution is 2.29. The summed E-state index contributed by atoms with van der Waals surface area (Å²) in [6.07, 6.45) is 5.03. The van der Waals surface area contributed by atoms with E-state index in [1.165, 1.54) is 58.4 Å². The third kappa shape index (κ3) is 3.65. The largest absolute Gasteiger partial charge is 0.316 e. The number of aromatic nitrogens is 2. The van der Waals surface area contributed by atoms with Gasteiger partial charge in [0.1, 0.15) is 5.01 Å². The molecule has 1 atom stereocenters. The van der Waals surface area contributed by atoms with Crippen LogP contribution in [-0.2, 0) is 25.9 Å². The van der Waals surface area contributed by atoms with Crippen LogP contribution in [0.4, 0.5) is 0 Å². The van der Waals surface area contributed by atoms with Crippen LogP contribution in [0, 0.1) is 12.8 Å². The zero-order chi connectivity index (χ0) is 15.6. The number of rotatable bonds is 6. The summed E-state index contributed by atoms with van der Waals surface area (Å²) in [6.45, 7) is 7.62. The molecule has 4 rings (SSSR count). The molecule has 4 nitrogen and oxygen atoms in total. The molecule has 1 aliphatic carbocycles. The minimum absolute atomic E-state index is 0.773. The third-order valence-corrected chi connectivity index (χ3v) is 6.95. The lowest BCUT2D eigenvalue weighted by atomic mass is 10.1. The second-order valence-corrected chi connectivity index (χ2v) is 8.83. The highest BCUT2D eigenvalue weighted by Gasteiger charge is 2.22. The van der Waals surface area contributed by atoms with E-state index < -0.39 is 0 Å². The lowest BCUT2D eigenvalue weighted by Gasteiger charge is -2.24. The summed E-state index contributed by atoms with van der Waals surface area (Å²) < 4.78 is 0. The summed E-state index contributed by atoms with van der Waals surface area (Å²) >= 11 is 3.73. The van der Waals surface area contributed by atoms with E-state index in [2.05, 4.69) is 22.1 Å². The standard InChI is InChI=1S/C17H24N4S2/c1-12-16(22-11-19-12)9-21(8-13-5-6-18-7-13)10-17-20-14-3-2-4-15(14)23-17/h11,13,18H,2-10H2,1H3. The van der Waals surface area contributed by atoms with E-state index in [0.717, 1.165) is 32.1 Å². The van der Waals surface area contributed by atoms with E-state index in [1.54, 1.807) is 11.3 Å². The zero-order valence-electron chi connectivity index (χ0n) is 13.7. The van der Waals surface area contributed by atoms with Crippen LogP contribution in [0.15, 0.2) is 5.51 Å². The Labute approximate surface area is 146 Å². The monoisotopic (exact) mass is 348 g/mol. The smallest absolute Gasteiger partial charge is 0.107 e. The molecule has 124 valence electrons. The predicted octanol–water partition coefficient (Wildman–Crippen LogP) is 3.01. The Kier molecular flexibility index (Phi) is 4.76. The molecule has 0 radical (unpaired) electrons. The average molecular weight is 349 g/mol. The van der Waals surface area contributed by atoms with Crippen LogP contribution in [0.5, 0.6) is 0 Å². The SMILES string of the molecule is Cc1ncsc1CN(Cc1nc2c(s1)CCC2)CC1CCNC1. The quantitative estimate of drug-likeness (QED) is 0.871. The summed E-state index contributed by atoms with van der Waals surface area (Å²) in [7, 11) is 0. The van der Waals surface area contributed by atoms with Gasteiger partial charge in [-0.25, -0.2) is 9.97 Å². The van der Waals surface area contributed by atoms with Crippen molar-refractivity contribution in [3.05, 3.63) is 31.7 Å². The molecule has 2 aliphatic rings. The lowest BCUT2D eigenvalue weighted by Crippen LogP contribution is -2.30. The number of fused-ring (bicyclic) bond motifs is 1. The molecule has 3 heterocycles. The van der Waals surface area contributed by atoms with Gasteiger partial charge >= 0.3 is 0 Å². The molecule has 23 heavy (non-hydrogen) atoms. The fraction of sp³-hybridized carbons (Fsp3) is 0.647. The van der Waals surface area contributed by atoms with E-state index in [-0.39, 0.29) is 0 Å². The van der Waals surface area contributed by atoms with E-state index in [9.17, 15) is 0 Å². The first-order valence-electron chi connectivity index (χ1n) is 8.57. The number of nitrogens with one attached hydrogen (secondary N) is 1. The van der Waals surface area contributed by atoms with Crippen LogP contribution >= 0.6 is 22.7 Å². The van der Waals surface area contributed by atoms with Crippen LogP contribution in [0.3, 0.4) is 0 Å². The fourth-order valence-corrected chi connectivity index (χ4v) is 5.62. The molecule has 0 amide bonds. The van der Waals surface area contributed by atoms with Gasteiger partial charge in [-0.15, -0.1) is 22.7 Å². The summed E-state index contributed by atoms with van der Waals surface area (Å²) in [5, 5.41) is 4.80. The Morgan fingerprint density at radius 3 is 3.04 bits per heavy atom. The number of aryl methyl sites for hydroxylation is 3. The van der Waals surface area contributed by atoms with E-state index in [4.69, 9.17) is 4.98 Å². The predicted molar refractivity (Wildman–Crippen MR) is 96.1 cm³/mol. The molecule has 0 spiro atoms. The van der Waals surface area contributed by atoms with Crippen LogP contribution in [0.2, 0.25) is 0 Å². The number of hydrogen-bond donors (Lipinski definition) is 1. The van der Waals surface area contributed by atoms with Gasteiger partial charge in [-0.3, -0.25) is 4.90 Å². The Morgan fingerprint density at radius 1 is 1.35 bits per heavy atom. The van der Waals surface area contributed by atoms with Crippen molar-refractivity contribution >= 4 is 22.7 Å². The fourth-order valence-electron chi connectivity index (χ4n) is 3.60. The summed E-state index contributed by atoms with van der Waals surface area (Å²) in [6, 6.07) is 0. The molecule has 0 saturated carbocycles. The molecule has 1 saturated heterocycles. The molecule has 2 aromatic heterocycles. The highest BCUT2D eigenvalue weighted by atomic mass is 32.1. The van der Waals surface area contributed by atoms with Crippen LogP contribution in [0.1, 0.15) is 39.0 Å². The van der Waals surface area contributed by atoms with Gasteiger partial charge < -0.3 is 5.32 Å². The lowest BCUT2D eigenvalue weighted by molar-refractivity contribution is 0.221. The first-order valence-corrected chi connectivity index (χ1v) is 10.3. The van der Waals surface area contributed by atoms with Crippen LogP contribution in [0.25, 0.3) is 0 Å². The zero-order valence-corrected chi connectivity index (χ0v) is 15.3. The van der Waals surface area contributed by atoms with Crippen molar-refractivity contribution in [2.45, 2.75) is 45.7 Å². The minimum atomic E-state index is 0.773. The van der Waals surface area contributed by atoms with Gasteiger partial charge in [-0.1, -0.05) is 0 Å². The molecule has 1 aliphatic heterocycles. The highest BCUT2D eigenvalue weighted by molar-refractivity contribution is 7.11. The van der Waals surface area contributed by atoms with E-state index in [0.29, 0.717) is 0 Å². The molecule has 2 aromatic rings. The second kappa shape index (κ2) is 6.97. The van der Waals surface area contributed by atoms with Gasteiger partial charge in [0.05, 0.1) is 23.4 Å². The van der Waals surface area contributed by atoms with Gasteiger partial charge in [0.2, 0.25) is 0 Å². The maximum atomic E-state index is 4.91. The number of thiazole rings is 2. The van der Waals surface area contributed by atoms with Crippen molar-refractivity contribution in [2.75, 3.05) is 19.6 Å². The summed E-state index contributed by atoms with van der Waals surface area (Å²) in [5.41, 5.74) is 4.53. The molecule has 1 unspecified atom stereocenters. The van der Waals surface area contributed by atoms with Crippen LogP contribution < -0.4 is 5.32 Å². The second-order valence-electron chi connectivity index (χ2n) is 6.72. The maximum absolute atomic E-state index is 4.91. The molecule has 0 aromatic carbocycles. The van der Waals surface area contributed by atoms with Crippen molar-refractivity contribution in [3.8, 4) is 0 Å². The van der Waals surface area contributed by atoms with Gasteiger partial charge in [-0.05, 0) is 51.6 Å². The Bertz CT molecular complexity index is 636. The first kappa shape index (κ1) is 15.7. The molecular weight excluding hydrogens is 324 g/mol. The molecule has 1 fully saturated rings. The van der Waals surface area contributed by atoms with Gasteiger partial charge in [-0.2, -0.15) is 0 Å². The van der Waals surface area contributed by atoms with Crippen LogP contribution in [-0.4, -0.2) is 34.5 Å². The van der Waals surface area contributed by atoms with Crippen molar-refractivity contribution in [1.29, 1.82) is 0 Å². The topological polar surface area (TPSA) is 41.1 Å². The molecular formula is C17H24N4S2. The van der Waals surface area contributed by atoms with Gasteiger partial charge in [0.15, 0.2) is 0 Å². The van der Waals surface area contributed by atoms with Crippen molar-refractivity contribution < 1.29 is 0 Å². The Balaban J connectivity index is 1.47. The normalized spacial score (nSPS) is 20.5. The summed E-state index contributed by atoms with van der Waals surface area (Å²) in [4.78, 5) is 14.9. The van der Waals surface area contributed by atoms with E-state index in [1.807, 2.05) is 16.8 Å². The first-order chi connectivity index (χ1) is 11.3. The maximum Gasteiger partial charge on any atom is 0.107 e. The van der Waals surface area contributed by atoms with Gasteiger partial charge in [0.25, 0.3) is 0 Å². The average Bonchev–Trinajstić information content (AvgIpc) is 3.25. The number of hydrogen-bond acceptors (Lipinski definition) is 6. The Hall–Kier alpha value is -0.820.